The molecule has 0 aromatic rings. The molecule has 0 aliphatic carbocycles. The molecule has 2 rings (SSSR count). The van der Waals surface area contributed by atoms with Crippen LogP contribution in [-0.4, -0.2) is 59.1 Å². The molecule has 0 radical (unpaired) electrons. The van der Waals surface area contributed by atoms with E-state index in [0.717, 1.165) is 26.1 Å². The Morgan fingerprint density at radius 3 is 2.60 bits per heavy atom. The van der Waals surface area contributed by atoms with Crippen LogP contribution in [0.1, 0.15) is 20.3 Å². The second kappa shape index (κ2) is 3.46. The number of nitrogens with zero attached hydrogens (tertiary/aromatic N) is 2. The molecule has 2 aliphatic heterocycles. The molecular formula is C11H20N2O2. The average Bonchev–Trinajstić information content (AvgIpc) is 2.38. The van der Waals surface area contributed by atoms with Crippen LogP contribution in [-0.2, 0) is 4.79 Å². The summed E-state index contributed by atoms with van der Waals surface area (Å²) in [7, 11) is 2.09. The molecular weight excluding hydrogens is 192 g/mol. The molecule has 0 aromatic heterocycles. The van der Waals surface area contributed by atoms with Crippen LogP contribution in [0.2, 0.25) is 0 Å². The van der Waals surface area contributed by atoms with E-state index in [2.05, 4.69) is 11.9 Å². The monoisotopic (exact) mass is 212 g/mol. The molecule has 2 heterocycles. The highest BCUT2D eigenvalue weighted by Crippen LogP contribution is 2.30. The van der Waals surface area contributed by atoms with Crippen molar-refractivity contribution in [3.63, 3.8) is 0 Å². The number of likely N-dealkylation sites (tertiary alicyclic amines) is 2. The fourth-order valence-electron chi connectivity index (χ4n) is 2.79. The lowest BCUT2D eigenvalue weighted by Gasteiger charge is -2.32. The molecule has 4 heteroatoms. The number of aliphatic hydroxyl groups is 1. The topological polar surface area (TPSA) is 43.8 Å². The molecule has 1 N–H and O–H groups in total. The van der Waals surface area contributed by atoms with Crippen LogP contribution in [0.25, 0.3) is 0 Å². The van der Waals surface area contributed by atoms with E-state index in [4.69, 9.17) is 0 Å². The second-order valence-electron chi connectivity index (χ2n) is 5.49. The Hall–Kier alpha value is -0.610. The molecule has 2 fully saturated rings. The average molecular weight is 212 g/mol. The lowest BCUT2D eigenvalue weighted by Crippen LogP contribution is -2.49. The summed E-state index contributed by atoms with van der Waals surface area (Å²) < 4.78 is 0. The Labute approximate surface area is 90.9 Å². The molecule has 2 unspecified atom stereocenters. The van der Waals surface area contributed by atoms with Gasteiger partial charge in [-0.25, -0.2) is 0 Å². The van der Waals surface area contributed by atoms with E-state index < -0.39 is 5.60 Å². The van der Waals surface area contributed by atoms with E-state index in [9.17, 15) is 9.90 Å². The van der Waals surface area contributed by atoms with E-state index in [1.807, 2.05) is 4.90 Å². The van der Waals surface area contributed by atoms with Gasteiger partial charge in [0.1, 0.15) is 5.60 Å². The minimum absolute atomic E-state index is 0.120. The highest BCUT2D eigenvalue weighted by Gasteiger charge is 2.43. The van der Waals surface area contributed by atoms with Gasteiger partial charge in [-0.3, -0.25) is 4.79 Å². The van der Waals surface area contributed by atoms with Crippen molar-refractivity contribution >= 4 is 5.91 Å². The van der Waals surface area contributed by atoms with Crippen molar-refractivity contribution in [1.82, 2.24) is 9.80 Å². The summed E-state index contributed by atoms with van der Waals surface area (Å²) in [5.74, 6) is 0.477. The van der Waals surface area contributed by atoms with Crippen LogP contribution in [0.15, 0.2) is 0 Å². The van der Waals surface area contributed by atoms with Crippen LogP contribution >= 0.6 is 0 Å². The number of likely N-dealkylation sites (N-methyl/N-ethyl adjacent to an activating group) is 1. The summed E-state index contributed by atoms with van der Waals surface area (Å²) in [5.41, 5.74) is -1.23. The van der Waals surface area contributed by atoms with E-state index in [1.54, 1.807) is 13.8 Å². The number of rotatable bonds is 1. The zero-order chi connectivity index (χ0) is 11.2. The molecule has 4 nitrogen and oxygen atoms in total. The Kier molecular flexibility index (Phi) is 2.51. The Morgan fingerprint density at radius 1 is 1.33 bits per heavy atom. The van der Waals surface area contributed by atoms with Gasteiger partial charge in [0, 0.05) is 25.7 Å². The predicted octanol–water partition coefficient (Wildman–Crippen LogP) is -0.0802. The third kappa shape index (κ3) is 2.01. The molecule has 0 aromatic carbocycles. The van der Waals surface area contributed by atoms with Gasteiger partial charge >= 0.3 is 0 Å². The zero-order valence-corrected chi connectivity index (χ0v) is 9.73. The zero-order valence-electron chi connectivity index (χ0n) is 9.73. The standard InChI is InChI=1S/C11H20N2O2/c1-11(2,15)10(14)13-6-8-4-9(13)7-12(3)5-8/h8-9,15H,4-7H2,1-3H3. The Balaban J connectivity index is 2.10. The van der Waals surface area contributed by atoms with Gasteiger partial charge in [-0.1, -0.05) is 0 Å². The van der Waals surface area contributed by atoms with E-state index in [-0.39, 0.29) is 5.91 Å². The normalized spacial score (nSPS) is 32.1. The highest BCUT2D eigenvalue weighted by molar-refractivity contribution is 5.84. The summed E-state index contributed by atoms with van der Waals surface area (Å²) in [4.78, 5) is 16.1. The fraction of sp³-hybridized carbons (Fsp3) is 0.909. The number of piperidine rings is 1. The first-order valence-corrected chi connectivity index (χ1v) is 5.60. The van der Waals surface area contributed by atoms with Gasteiger partial charge in [0.05, 0.1) is 0 Å². The van der Waals surface area contributed by atoms with E-state index in [1.165, 1.54) is 0 Å². The number of fused-ring (bicyclic) bond motifs is 2. The summed E-state index contributed by atoms with van der Waals surface area (Å²) in [5, 5.41) is 9.73. The predicted molar refractivity (Wildman–Crippen MR) is 57.4 cm³/mol. The van der Waals surface area contributed by atoms with Gasteiger partial charge in [0.15, 0.2) is 0 Å². The van der Waals surface area contributed by atoms with E-state index in [0.29, 0.717) is 12.0 Å². The molecule has 0 saturated carbocycles. The lowest BCUT2D eigenvalue weighted by molar-refractivity contribution is -0.148. The number of carbonyl (C=O) groups excluding carboxylic acids is 1. The van der Waals surface area contributed by atoms with Crippen molar-refractivity contribution in [2.45, 2.75) is 31.9 Å². The molecule has 2 bridgehead atoms. The van der Waals surface area contributed by atoms with Crippen molar-refractivity contribution in [1.29, 1.82) is 0 Å². The summed E-state index contributed by atoms with van der Waals surface area (Å²) in [6.45, 7) is 5.98. The van der Waals surface area contributed by atoms with Gasteiger partial charge in [-0.2, -0.15) is 0 Å². The smallest absolute Gasteiger partial charge is 0.254 e. The van der Waals surface area contributed by atoms with Crippen molar-refractivity contribution in [3.05, 3.63) is 0 Å². The van der Waals surface area contributed by atoms with Crippen LogP contribution in [0, 0.1) is 5.92 Å². The highest BCUT2D eigenvalue weighted by atomic mass is 16.3. The fourth-order valence-corrected chi connectivity index (χ4v) is 2.79. The van der Waals surface area contributed by atoms with Crippen LogP contribution < -0.4 is 0 Å². The van der Waals surface area contributed by atoms with Gasteiger partial charge in [-0.15, -0.1) is 0 Å². The number of hydrogen-bond donors (Lipinski definition) is 1. The third-order valence-electron chi connectivity index (χ3n) is 3.38. The van der Waals surface area contributed by atoms with Gasteiger partial charge < -0.3 is 14.9 Å². The first kappa shape index (κ1) is 10.9. The quantitative estimate of drug-likeness (QED) is 0.661. The Morgan fingerprint density at radius 2 is 2.00 bits per heavy atom. The van der Waals surface area contributed by atoms with Crippen molar-refractivity contribution in [3.8, 4) is 0 Å². The minimum Gasteiger partial charge on any atom is -0.381 e. The minimum atomic E-state index is -1.23. The SMILES string of the molecule is CN1CC2CC(C1)N(C(=O)C(C)(C)O)C2. The summed E-state index contributed by atoms with van der Waals surface area (Å²) in [6, 6.07) is 0.313. The maximum atomic E-state index is 12.0. The maximum Gasteiger partial charge on any atom is 0.254 e. The second-order valence-corrected chi connectivity index (χ2v) is 5.49. The molecule has 2 atom stereocenters. The van der Waals surface area contributed by atoms with E-state index >= 15 is 0 Å². The van der Waals surface area contributed by atoms with Crippen molar-refractivity contribution in [2.24, 2.45) is 5.92 Å². The molecule has 1 amide bonds. The number of carbonyl (C=O) groups is 1. The van der Waals surface area contributed by atoms with Crippen LogP contribution in [0.3, 0.4) is 0 Å². The molecule has 86 valence electrons. The summed E-state index contributed by atoms with van der Waals surface area (Å²) >= 11 is 0. The summed E-state index contributed by atoms with van der Waals surface area (Å²) in [6.07, 6.45) is 1.10. The molecule has 15 heavy (non-hydrogen) atoms. The first-order valence-electron chi connectivity index (χ1n) is 5.60. The maximum absolute atomic E-state index is 12.0. The van der Waals surface area contributed by atoms with Gasteiger partial charge in [-0.05, 0) is 33.2 Å². The van der Waals surface area contributed by atoms with Crippen molar-refractivity contribution < 1.29 is 9.90 Å². The number of hydrogen-bond acceptors (Lipinski definition) is 3. The van der Waals surface area contributed by atoms with Gasteiger partial charge in [0.2, 0.25) is 0 Å². The van der Waals surface area contributed by atoms with Crippen LogP contribution in [0.5, 0.6) is 0 Å². The first-order chi connectivity index (χ1) is 6.88. The van der Waals surface area contributed by atoms with Gasteiger partial charge in [0.25, 0.3) is 5.91 Å². The number of amides is 1. The largest absolute Gasteiger partial charge is 0.381 e. The molecule has 0 spiro atoms. The molecule has 2 aliphatic rings. The third-order valence-corrected chi connectivity index (χ3v) is 3.38. The Bertz CT molecular complexity index is 272. The lowest BCUT2D eigenvalue weighted by atomic mass is 10.0. The molecule has 2 saturated heterocycles. The van der Waals surface area contributed by atoms with Crippen LogP contribution in [0.4, 0.5) is 0 Å². The van der Waals surface area contributed by atoms with Crippen molar-refractivity contribution in [2.75, 3.05) is 26.7 Å².